The lowest BCUT2D eigenvalue weighted by Gasteiger charge is -2.31. The van der Waals surface area contributed by atoms with E-state index in [9.17, 15) is 4.79 Å². The Morgan fingerprint density at radius 3 is 2.50 bits per heavy atom. The second-order valence-corrected chi connectivity index (χ2v) is 4.56. The molecule has 2 heterocycles. The highest BCUT2D eigenvalue weighted by molar-refractivity contribution is 5.82. The number of piperidine rings is 1. The Labute approximate surface area is 96.4 Å². The summed E-state index contributed by atoms with van der Waals surface area (Å²) in [5, 5.41) is 0. The first-order valence-corrected chi connectivity index (χ1v) is 5.99. The lowest BCUT2D eigenvalue weighted by molar-refractivity contribution is -0.123. The molecule has 1 aliphatic rings. The number of nitrogens with zero attached hydrogens (tertiary/aromatic N) is 1. The molecule has 0 saturated carbocycles. The average molecular weight is 221 g/mol. The molecule has 3 heteroatoms. The summed E-state index contributed by atoms with van der Waals surface area (Å²) >= 11 is 0. The molecule has 0 bridgehead atoms. The molecule has 1 aliphatic heterocycles. The molecule has 1 saturated heterocycles. The Kier molecular flexibility index (Phi) is 3.44. The number of aryl methyl sites for hydroxylation is 1. The standard InChI is InChI=1S/C13H19NO2/c1-10-6-7-12(16-10)13(11(2)15)14-8-4-3-5-9-14/h6-7,13H,3-5,8-9H2,1-2H3. The zero-order valence-corrected chi connectivity index (χ0v) is 10.0. The van der Waals surface area contributed by atoms with E-state index in [-0.39, 0.29) is 11.8 Å². The van der Waals surface area contributed by atoms with Crippen LogP contribution in [0.3, 0.4) is 0 Å². The molecule has 1 aromatic rings. The Bertz CT molecular complexity index is 364. The Morgan fingerprint density at radius 1 is 1.31 bits per heavy atom. The predicted octanol–water partition coefficient (Wildman–Crippen LogP) is 2.70. The van der Waals surface area contributed by atoms with Crippen LogP contribution >= 0.6 is 0 Å². The van der Waals surface area contributed by atoms with Gasteiger partial charge >= 0.3 is 0 Å². The number of rotatable bonds is 3. The van der Waals surface area contributed by atoms with E-state index in [1.807, 2.05) is 19.1 Å². The normalized spacial score (nSPS) is 19.6. The summed E-state index contributed by atoms with van der Waals surface area (Å²) in [6, 6.07) is 3.68. The van der Waals surface area contributed by atoms with Gasteiger partial charge in [0, 0.05) is 0 Å². The lowest BCUT2D eigenvalue weighted by Crippen LogP contribution is -2.36. The van der Waals surface area contributed by atoms with Crippen LogP contribution in [0.15, 0.2) is 16.5 Å². The number of ketones is 1. The fraction of sp³-hybridized carbons (Fsp3) is 0.615. The molecule has 1 unspecified atom stereocenters. The number of hydrogen-bond acceptors (Lipinski definition) is 3. The maximum Gasteiger partial charge on any atom is 0.154 e. The number of Topliss-reactive ketones (excluding diaryl/α,β-unsaturated/α-hetero) is 1. The van der Waals surface area contributed by atoms with Gasteiger partial charge in [-0.15, -0.1) is 0 Å². The van der Waals surface area contributed by atoms with E-state index in [0.29, 0.717) is 0 Å². The second-order valence-electron chi connectivity index (χ2n) is 4.56. The molecule has 16 heavy (non-hydrogen) atoms. The number of carbonyl (C=O) groups excluding carboxylic acids is 1. The van der Waals surface area contributed by atoms with Crippen LogP contribution in [-0.4, -0.2) is 23.8 Å². The summed E-state index contributed by atoms with van der Waals surface area (Å²) in [5.74, 6) is 1.85. The molecular weight excluding hydrogens is 202 g/mol. The number of furan rings is 1. The summed E-state index contributed by atoms with van der Waals surface area (Å²) in [4.78, 5) is 14.0. The van der Waals surface area contributed by atoms with Crippen molar-refractivity contribution >= 4 is 5.78 Å². The quantitative estimate of drug-likeness (QED) is 0.787. The van der Waals surface area contributed by atoms with Gasteiger partial charge in [-0.1, -0.05) is 6.42 Å². The predicted molar refractivity (Wildman–Crippen MR) is 62.3 cm³/mol. The molecule has 88 valence electrons. The SMILES string of the molecule is CC(=O)C(c1ccc(C)o1)N1CCCCC1. The van der Waals surface area contributed by atoms with Crippen molar-refractivity contribution in [2.45, 2.75) is 39.2 Å². The average Bonchev–Trinajstić information content (AvgIpc) is 2.66. The molecule has 1 fully saturated rings. The second kappa shape index (κ2) is 4.83. The fourth-order valence-electron chi connectivity index (χ4n) is 2.41. The van der Waals surface area contributed by atoms with Gasteiger partial charge in [-0.05, 0) is 51.9 Å². The molecule has 0 aromatic carbocycles. The third kappa shape index (κ3) is 2.35. The molecule has 2 rings (SSSR count). The van der Waals surface area contributed by atoms with Crippen LogP contribution < -0.4 is 0 Å². The molecule has 3 nitrogen and oxygen atoms in total. The highest BCUT2D eigenvalue weighted by Crippen LogP contribution is 2.26. The van der Waals surface area contributed by atoms with Crippen LogP contribution in [0.4, 0.5) is 0 Å². The van der Waals surface area contributed by atoms with Gasteiger partial charge in [0.15, 0.2) is 5.78 Å². The minimum absolute atomic E-state index is 0.172. The Balaban J connectivity index is 2.19. The van der Waals surface area contributed by atoms with Gasteiger partial charge in [-0.25, -0.2) is 0 Å². The van der Waals surface area contributed by atoms with Crippen LogP contribution in [0.25, 0.3) is 0 Å². The van der Waals surface area contributed by atoms with E-state index < -0.39 is 0 Å². The maximum atomic E-state index is 11.8. The molecule has 0 spiro atoms. The van der Waals surface area contributed by atoms with Crippen LogP contribution in [0.5, 0.6) is 0 Å². The third-order valence-corrected chi connectivity index (χ3v) is 3.17. The van der Waals surface area contributed by atoms with Gasteiger partial charge in [0.25, 0.3) is 0 Å². The Hall–Kier alpha value is -1.09. The zero-order valence-electron chi connectivity index (χ0n) is 10.0. The number of hydrogen-bond donors (Lipinski definition) is 0. The first-order chi connectivity index (χ1) is 7.68. The minimum atomic E-state index is -0.172. The highest BCUT2D eigenvalue weighted by atomic mass is 16.3. The number of likely N-dealkylation sites (tertiary alicyclic amines) is 1. The largest absolute Gasteiger partial charge is 0.464 e. The van der Waals surface area contributed by atoms with E-state index in [4.69, 9.17) is 4.42 Å². The smallest absolute Gasteiger partial charge is 0.154 e. The highest BCUT2D eigenvalue weighted by Gasteiger charge is 2.28. The van der Waals surface area contributed by atoms with E-state index in [1.165, 1.54) is 19.3 Å². The third-order valence-electron chi connectivity index (χ3n) is 3.17. The van der Waals surface area contributed by atoms with Gasteiger partial charge in [-0.3, -0.25) is 9.69 Å². The van der Waals surface area contributed by atoms with Crippen molar-refractivity contribution in [3.8, 4) is 0 Å². The van der Waals surface area contributed by atoms with Crippen molar-refractivity contribution in [2.75, 3.05) is 13.1 Å². The Morgan fingerprint density at radius 2 is 2.00 bits per heavy atom. The summed E-state index contributed by atoms with van der Waals surface area (Å²) in [6.07, 6.45) is 3.64. The van der Waals surface area contributed by atoms with Crippen molar-refractivity contribution < 1.29 is 9.21 Å². The summed E-state index contributed by atoms with van der Waals surface area (Å²) in [6.45, 7) is 5.57. The van der Waals surface area contributed by atoms with Gasteiger partial charge in [0.05, 0.1) is 0 Å². The van der Waals surface area contributed by atoms with Crippen molar-refractivity contribution in [1.82, 2.24) is 4.90 Å². The van der Waals surface area contributed by atoms with E-state index in [0.717, 1.165) is 24.6 Å². The molecule has 1 atom stereocenters. The maximum absolute atomic E-state index is 11.8. The summed E-state index contributed by atoms with van der Waals surface area (Å²) in [5.41, 5.74) is 0. The van der Waals surface area contributed by atoms with Crippen molar-refractivity contribution in [2.24, 2.45) is 0 Å². The van der Waals surface area contributed by atoms with Crippen molar-refractivity contribution in [3.05, 3.63) is 23.7 Å². The van der Waals surface area contributed by atoms with Gasteiger partial charge in [0.2, 0.25) is 0 Å². The van der Waals surface area contributed by atoms with Crippen LogP contribution in [0.2, 0.25) is 0 Å². The monoisotopic (exact) mass is 221 g/mol. The molecular formula is C13H19NO2. The molecule has 0 aliphatic carbocycles. The topological polar surface area (TPSA) is 33.5 Å². The fourth-order valence-corrected chi connectivity index (χ4v) is 2.41. The van der Waals surface area contributed by atoms with Crippen LogP contribution in [0, 0.1) is 6.92 Å². The zero-order chi connectivity index (χ0) is 11.5. The first-order valence-electron chi connectivity index (χ1n) is 5.99. The lowest BCUT2D eigenvalue weighted by atomic mass is 10.0. The van der Waals surface area contributed by atoms with Gasteiger partial charge in [-0.2, -0.15) is 0 Å². The van der Waals surface area contributed by atoms with E-state index >= 15 is 0 Å². The minimum Gasteiger partial charge on any atom is -0.464 e. The first kappa shape index (κ1) is 11.4. The van der Waals surface area contributed by atoms with E-state index in [1.54, 1.807) is 6.92 Å². The van der Waals surface area contributed by atoms with Crippen LogP contribution in [-0.2, 0) is 4.79 Å². The molecule has 0 radical (unpaired) electrons. The van der Waals surface area contributed by atoms with Crippen molar-refractivity contribution in [1.29, 1.82) is 0 Å². The van der Waals surface area contributed by atoms with Crippen molar-refractivity contribution in [3.63, 3.8) is 0 Å². The molecule has 0 amide bonds. The van der Waals surface area contributed by atoms with Gasteiger partial charge < -0.3 is 4.42 Å². The molecule has 0 N–H and O–H groups in total. The van der Waals surface area contributed by atoms with Crippen LogP contribution in [0.1, 0.15) is 43.7 Å². The summed E-state index contributed by atoms with van der Waals surface area (Å²) < 4.78 is 5.60. The number of carbonyl (C=O) groups is 1. The van der Waals surface area contributed by atoms with Gasteiger partial charge in [0.1, 0.15) is 17.6 Å². The van der Waals surface area contributed by atoms with E-state index in [2.05, 4.69) is 4.90 Å². The summed E-state index contributed by atoms with van der Waals surface area (Å²) in [7, 11) is 0. The molecule has 1 aromatic heterocycles.